The van der Waals surface area contributed by atoms with Crippen LogP contribution in [0.4, 0.5) is 0 Å². The Labute approximate surface area is 181 Å². The number of carbonyl (C=O) groups excluding carboxylic acids is 1. The molecule has 2 N–H and O–H groups in total. The number of halogens is 1. The third kappa shape index (κ3) is 4.25. The number of aliphatic hydroxyl groups is 1. The summed E-state index contributed by atoms with van der Waals surface area (Å²) in [6, 6.07) is 8.64. The number of aryl methyl sites for hydroxylation is 1. The van der Waals surface area contributed by atoms with Crippen molar-refractivity contribution in [3.63, 3.8) is 0 Å². The van der Waals surface area contributed by atoms with Gasteiger partial charge in [0.15, 0.2) is 5.82 Å². The molecule has 3 heterocycles. The zero-order valence-electron chi connectivity index (χ0n) is 16.4. The summed E-state index contributed by atoms with van der Waals surface area (Å²) in [7, 11) is 1.71. The minimum atomic E-state index is -0.620. The number of aromatic nitrogens is 6. The highest BCUT2D eigenvalue weighted by molar-refractivity contribution is 6.30. The van der Waals surface area contributed by atoms with Crippen LogP contribution in [0.5, 0.6) is 0 Å². The number of amides is 1. The van der Waals surface area contributed by atoms with Crippen molar-refractivity contribution in [3.8, 4) is 22.6 Å². The van der Waals surface area contributed by atoms with Gasteiger partial charge in [0.1, 0.15) is 11.3 Å². The third-order valence-corrected chi connectivity index (χ3v) is 4.72. The molecule has 10 nitrogen and oxygen atoms in total. The molecule has 158 valence electrons. The number of aliphatic hydroxyl groups excluding tert-OH is 1. The first kappa shape index (κ1) is 20.5. The van der Waals surface area contributed by atoms with Crippen molar-refractivity contribution in [2.24, 2.45) is 7.05 Å². The lowest BCUT2D eigenvalue weighted by Gasteiger charge is -2.09. The van der Waals surface area contributed by atoms with Gasteiger partial charge >= 0.3 is 0 Å². The predicted octanol–water partition coefficient (Wildman–Crippen LogP) is 1.19. The molecule has 3 aromatic heterocycles. The van der Waals surface area contributed by atoms with E-state index in [9.17, 15) is 9.59 Å². The van der Waals surface area contributed by atoms with E-state index in [1.165, 1.54) is 21.6 Å². The molecular formula is C20H18ClN7O3. The first-order valence-electron chi connectivity index (χ1n) is 9.29. The van der Waals surface area contributed by atoms with Crippen molar-refractivity contribution in [3.05, 3.63) is 76.1 Å². The summed E-state index contributed by atoms with van der Waals surface area (Å²) in [4.78, 5) is 25.5. The second-order valence-electron chi connectivity index (χ2n) is 6.67. The zero-order valence-corrected chi connectivity index (χ0v) is 17.2. The maximum Gasteiger partial charge on any atom is 0.284 e. The van der Waals surface area contributed by atoms with Crippen LogP contribution in [0.1, 0.15) is 10.4 Å². The number of hydrogen-bond donors (Lipinski definition) is 2. The van der Waals surface area contributed by atoms with E-state index in [0.29, 0.717) is 10.7 Å². The molecule has 11 heteroatoms. The standard InChI is InChI=1S/C20H18ClN7O3/c1-26-12-16(10-23-26)28-20(31)17(19(30)22-6-7-29)8-18(25-28)27-11-14(9-24-27)13-2-4-15(21)5-3-13/h2-5,8-12,29H,6-7H2,1H3,(H,22,30). The van der Waals surface area contributed by atoms with E-state index in [0.717, 1.165) is 15.8 Å². The Morgan fingerprint density at radius 1 is 1.13 bits per heavy atom. The van der Waals surface area contributed by atoms with Crippen LogP contribution in [0.3, 0.4) is 0 Å². The maximum absolute atomic E-state index is 12.9. The van der Waals surface area contributed by atoms with Gasteiger partial charge in [-0.05, 0) is 17.7 Å². The Morgan fingerprint density at radius 2 is 1.90 bits per heavy atom. The molecule has 1 amide bonds. The van der Waals surface area contributed by atoms with E-state index >= 15 is 0 Å². The van der Waals surface area contributed by atoms with Gasteiger partial charge in [0.05, 0.1) is 25.2 Å². The predicted molar refractivity (Wildman–Crippen MR) is 114 cm³/mol. The molecule has 0 aliphatic heterocycles. The largest absolute Gasteiger partial charge is 0.395 e. The van der Waals surface area contributed by atoms with Gasteiger partial charge in [-0.1, -0.05) is 23.7 Å². The van der Waals surface area contributed by atoms with Crippen LogP contribution in [0, 0.1) is 0 Å². The second kappa shape index (κ2) is 8.54. The minimum Gasteiger partial charge on any atom is -0.395 e. The van der Waals surface area contributed by atoms with Crippen molar-refractivity contribution in [2.45, 2.75) is 0 Å². The molecule has 31 heavy (non-hydrogen) atoms. The van der Waals surface area contributed by atoms with E-state index < -0.39 is 11.5 Å². The summed E-state index contributed by atoms with van der Waals surface area (Å²) in [5.41, 5.74) is 1.36. The average Bonchev–Trinajstić information content (AvgIpc) is 3.42. The third-order valence-electron chi connectivity index (χ3n) is 4.47. The molecule has 0 atom stereocenters. The molecule has 0 saturated carbocycles. The van der Waals surface area contributed by atoms with E-state index in [2.05, 4.69) is 20.6 Å². The quantitative estimate of drug-likeness (QED) is 0.465. The van der Waals surface area contributed by atoms with Crippen molar-refractivity contribution in [2.75, 3.05) is 13.2 Å². The summed E-state index contributed by atoms with van der Waals surface area (Å²) < 4.78 is 4.09. The van der Waals surface area contributed by atoms with Crippen LogP contribution in [0.15, 0.2) is 59.9 Å². The Hall–Kier alpha value is -3.76. The molecule has 0 bridgehead atoms. The zero-order chi connectivity index (χ0) is 22.0. The second-order valence-corrected chi connectivity index (χ2v) is 7.10. The fourth-order valence-corrected chi connectivity index (χ4v) is 3.08. The lowest BCUT2D eigenvalue weighted by Crippen LogP contribution is -2.35. The number of hydrogen-bond acceptors (Lipinski definition) is 6. The number of rotatable bonds is 6. The Bertz CT molecular complexity index is 1290. The Balaban J connectivity index is 1.81. The first-order chi connectivity index (χ1) is 15.0. The van der Waals surface area contributed by atoms with Gasteiger partial charge in [-0.2, -0.15) is 14.9 Å². The summed E-state index contributed by atoms with van der Waals surface area (Å²) in [6.07, 6.45) is 6.46. The lowest BCUT2D eigenvalue weighted by molar-refractivity contribution is 0.0942. The fraction of sp³-hybridized carbons (Fsp3) is 0.150. The van der Waals surface area contributed by atoms with Gasteiger partial charge < -0.3 is 10.4 Å². The highest BCUT2D eigenvalue weighted by atomic mass is 35.5. The van der Waals surface area contributed by atoms with E-state index in [4.69, 9.17) is 16.7 Å². The summed E-state index contributed by atoms with van der Waals surface area (Å²) in [5, 5.41) is 24.9. The van der Waals surface area contributed by atoms with E-state index in [1.807, 2.05) is 12.1 Å². The number of benzene rings is 1. The van der Waals surface area contributed by atoms with Gasteiger partial charge in [-0.3, -0.25) is 14.3 Å². The lowest BCUT2D eigenvalue weighted by atomic mass is 10.1. The van der Waals surface area contributed by atoms with E-state index in [1.54, 1.807) is 37.8 Å². The van der Waals surface area contributed by atoms with Crippen LogP contribution >= 0.6 is 11.6 Å². The van der Waals surface area contributed by atoms with E-state index in [-0.39, 0.29) is 24.5 Å². The van der Waals surface area contributed by atoms with Gasteiger partial charge in [-0.25, -0.2) is 4.68 Å². The average molecular weight is 440 g/mol. The van der Waals surface area contributed by atoms with Crippen molar-refractivity contribution in [1.29, 1.82) is 0 Å². The SMILES string of the molecule is Cn1cc(-n2nc(-n3cc(-c4ccc(Cl)cc4)cn3)cc(C(=O)NCCO)c2=O)cn1. The van der Waals surface area contributed by atoms with Crippen molar-refractivity contribution >= 4 is 17.5 Å². The molecule has 4 rings (SSSR count). The Kier molecular flexibility index (Phi) is 5.65. The van der Waals surface area contributed by atoms with Gasteiger partial charge in [0.2, 0.25) is 0 Å². The molecule has 0 spiro atoms. The van der Waals surface area contributed by atoms with Crippen molar-refractivity contribution in [1.82, 2.24) is 34.7 Å². The van der Waals surface area contributed by atoms with Crippen LogP contribution in [0.2, 0.25) is 5.02 Å². The molecule has 0 saturated heterocycles. The number of carbonyl (C=O) groups is 1. The summed E-state index contributed by atoms with van der Waals surface area (Å²) >= 11 is 5.95. The topological polar surface area (TPSA) is 120 Å². The highest BCUT2D eigenvalue weighted by Crippen LogP contribution is 2.22. The molecule has 0 aliphatic rings. The van der Waals surface area contributed by atoms with Gasteiger partial charge in [-0.15, -0.1) is 5.10 Å². The molecule has 0 fully saturated rings. The van der Waals surface area contributed by atoms with Crippen LogP contribution in [-0.2, 0) is 7.05 Å². The maximum atomic E-state index is 12.9. The summed E-state index contributed by atoms with van der Waals surface area (Å²) in [6.45, 7) is -0.227. The Morgan fingerprint density at radius 3 is 2.58 bits per heavy atom. The van der Waals surface area contributed by atoms with Gasteiger partial charge in [0, 0.05) is 36.4 Å². The number of nitrogens with one attached hydrogen (secondary N) is 1. The number of nitrogens with zero attached hydrogens (tertiary/aromatic N) is 6. The fourth-order valence-electron chi connectivity index (χ4n) is 2.95. The molecule has 0 radical (unpaired) electrons. The monoisotopic (exact) mass is 439 g/mol. The summed E-state index contributed by atoms with van der Waals surface area (Å²) in [5.74, 6) is -0.358. The minimum absolute atomic E-state index is 0.0192. The molecular weight excluding hydrogens is 422 g/mol. The van der Waals surface area contributed by atoms with Crippen molar-refractivity contribution < 1.29 is 9.90 Å². The van der Waals surface area contributed by atoms with Crippen LogP contribution < -0.4 is 10.9 Å². The molecule has 1 aromatic carbocycles. The normalized spacial score (nSPS) is 10.9. The first-order valence-corrected chi connectivity index (χ1v) is 9.67. The highest BCUT2D eigenvalue weighted by Gasteiger charge is 2.18. The molecule has 0 unspecified atom stereocenters. The molecule has 4 aromatic rings. The molecule has 0 aliphatic carbocycles. The van der Waals surface area contributed by atoms with Crippen LogP contribution in [-0.4, -0.2) is 53.5 Å². The van der Waals surface area contributed by atoms with Crippen LogP contribution in [0.25, 0.3) is 22.6 Å². The smallest absolute Gasteiger partial charge is 0.284 e. The van der Waals surface area contributed by atoms with Gasteiger partial charge in [0.25, 0.3) is 11.5 Å².